The average molecular weight is 204 g/mol. The van der Waals surface area contributed by atoms with Crippen molar-refractivity contribution in [3.8, 4) is 0 Å². The molecule has 1 amide bonds. The Labute approximate surface area is 82.1 Å². The summed E-state index contributed by atoms with van der Waals surface area (Å²) < 4.78 is 0. The summed E-state index contributed by atoms with van der Waals surface area (Å²) in [5, 5.41) is 20.4. The highest BCUT2D eigenvalue weighted by Gasteiger charge is 2.42. The van der Waals surface area contributed by atoms with E-state index in [1.165, 1.54) is 6.92 Å². The molecule has 0 aromatic carbocycles. The van der Waals surface area contributed by atoms with Crippen LogP contribution in [0.2, 0.25) is 0 Å². The van der Waals surface area contributed by atoms with Crippen LogP contribution in [0, 0.1) is 5.92 Å². The lowest BCUT2D eigenvalue weighted by molar-refractivity contribution is -0.172. The standard InChI is InChI=1S/C8H16N2O4/c1-3-5(2)8(14,7(12)13)10-6(11)4-9/h5,14H,3-4,9H2,1-2H3,(H,10,11)(H,12,13). The van der Waals surface area contributed by atoms with Gasteiger partial charge >= 0.3 is 5.97 Å². The zero-order valence-corrected chi connectivity index (χ0v) is 8.28. The molecule has 6 nitrogen and oxygen atoms in total. The number of nitrogens with two attached hydrogens (primary N) is 1. The quantitative estimate of drug-likeness (QED) is 0.424. The fraction of sp³-hybridized carbons (Fsp3) is 0.750. The molecule has 0 fully saturated rings. The van der Waals surface area contributed by atoms with E-state index in [-0.39, 0.29) is 6.54 Å². The van der Waals surface area contributed by atoms with Crippen LogP contribution in [-0.4, -0.2) is 34.4 Å². The van der Waals surface area contributed by atoms with Gasteiger partial charge in [0.2, 0.25) is 11.6 Å². The number of aliphatic hydroxyl groups is 1. The van der Waals surface area contributed by atoms with Crippen LogP contribution < -0.4 is 11.1 Å². The normalized spacial score (nSPS) is 16.9. The topological polar surface area (TPSA) is 113 Å². The van der Waals surface area contributed by atoms with Crippen molar-refractivity contribution in [3.63, 3.8) is 0 Å². The molecule has 0 rings (SSSR count). The lowest BCUT2D eigenvalue weighted by Crippen LogP contribution is -2.59. The molecular weight excluding hydrogens is 188 g/mol. The Hall–Kier alpha value is -1.14. The van der Waals surface area contributed by atoms with Gasteiger partial charge in [0, 0.05) is 5.92 Å². The van der Waals surface area contributed by atoms with E-state index in [0.29, 0.717) is 6.42 Å². The van der Waals surface area contributed by atoms with E-state index in [1.807, 2.05) is 5.32 Å². The van der Waals surface area contributed by atoms with Crippen LogP contribution in [0.3, 0.4) is 0 Å². The summed E-state index contributed by atoms with van der Waals surface area (Å²) in [6.45, 7) is 2.89. The van der Waals surface area contributed by atoms with E-state index in [1.54, 1.807) is 6.92 Å². The lowest BCUT2D eigenvalue weighted by atomic mass is 9.95. The minimum atomic E-state index is -2.23. The van der Waals surface area contributed by atoms with Gasteiger partial charge in [0.25, 0.3) is 0 Å². The van der Waals surface area contributed by atoms with Gasteiger partial charge in [-0.05, 0) is 6.42 Å². The Kier molecular flexibility index (Phi) is 4.52. The van der Waals surface area contributed by atoms with Crippen LogP contribution in [0.25, 0.3) is 0 Å². The van der Waals surface area contributed by atoms with Gasteiger partial charge in [-0.2, -0.15) is 0 Å². The number of hydrogen-bond donors (Lipinski definition) is 4. The third-order valence-electron chi connectivity index (χ3n) is 2.17. The predicted octanol–water partition coefficient (Wildman–Crippen LogP) is -1.12. The summed E-state index contributed by atoms with van der Waals surface area (Å²) in [6.07, 6.45) is 0.424. The maximum Gasteiger partial charge on any atom is 0.357 e. The first-order chi connectivity index (χ1) is 6.38. The molecule has 0 saturated heterocycles. The molecule has 0 aromatic heterocycles. The third kappa shape index (κ3) is 2.68. The van der Waals surface area contributed by atoms with Crippen LogP contribution in [-0.2, 0) is 9.59 Å². The fourth-order valence-corrected chi connectivity index (χ4v) is 0.946. The fourth-order valence-electron chi connectivity index (χ4n) is 0.946. The van der Waals surface area contributed by atoms with Crippen molar-refractivity contribution >= 4 is 11.9 Å². The molecule has 0 aliphatic rings. The van der Waals surface area contributed by atoms with E-state index in [4.69, 9.17) is 10.8 Å². The lowest BCUT2D eigenvalue weighted by Gasteiger charge is -2.29. The maximum absolute atomic E-state index is 10.9. The van der Waals surface area contributed by atoms with Gasteiger partial charge in [0.1, 0.15) is 0 Å². The number of aliphatic carboxylic acids is 1. The second-order valence-corrected chi connectivity index (χ2v) is 3.13. The maximum atomic E-state index is 10.9. The van der Waals surface area contributed by atoms with Crippen LogP contribution in [0.4, 0.5) is 0 Å². The molecule has 6 heteroatoms. The molecule has 0 heterocycles. The Bertz CT molecular complexity index is 231. The second kappa shape index (κ2) is 4.92. The summed E-state index contributed by atoms with van der Waals surface area (Å²) in [6, 6.07) is 0. The molecule has 14 heavy (non-hydrogen) atoms. The van der Waals surface area contributed by atoms with Gasteiger partial charge in [0.15, 0.2) is 0 Å². The van der Waals surface area contributed by atoms with Gasteiger partial charge in [-0.1, -0.05) is 13.8 Å². The summed E-state index contributed by atoms with van der Waals surface area (Å²) in [5.41, 5.74) is 2.77. The van der Waals surface area contributed by atoms with Crippen molar-refractivity contribution in [2.75, 3.05) is 6.54 Å². The molecule has 0 aliphatic carbocycles. The Morgan fingerprint density at radius 1 is 1.57 bits per heavy atom. The smallest absolute Gasteiger partial charge is 0.357 e. The van der Waals surface area contributed by atoms with Crippen molar-refractivity contribution < 1.29 is 19.8 Å². The first-order valence-electron chi connectivity index (χ1n) is 4.35. The molecule has 0 bridgehead atoms. The van der Waals surface area contributed by atoms with Crippen molar-refractivity contribution in [1.82, 2.24) is 5.32 Å². The summed E-state index contributed by atoms with van der Waals surface area (Å²) in [7, 11) is 0. The molecule has 0 aliphatic heterocycles. The first kappa shape index (κ1) is 12.9. The summed E-state index contributed by atoms with van der Waals surface area (Å²) in [4.78, 5) is 21.7. The highest BCUT2D eigenvalue weighted by molar-refractivity contribution is 5.86. The zero-order valence-electron chi connectivity index (χ0n) is 8.28. The van der Waals surface area contributed by atoms with Crippen LogP contribution in [0.15, 0.2) is 0 Å². The van der Waals surface area contributed by atoms with E-state index >= 15 is 0 Å². The zero-order chi connectivity index (χ0) is 11.4. The van der Waals surface area contributed by atoms with Gasteiger partial charge in [0.05, 0.1) is 6.54 Å². The van der Waals surface area contributed by atoms with Gasteiger partial charge < -0.3 is 21.3 Å². The number of amides is 1. The van der Waals surface area contributed by atoms with Crippen molar-refractivity contribution in [1.29, 1.82) is 0 Å². The average Bonchev–Trinajstić information content (AvgIpc) is 2.15. The number of nitrogens with one attached hydrogen (secondary N) is 1. The van der Waals surface area contributed by atoms with Crippen LogP contribution >= 0.6 is 0 Å². The molecule has 0 spiro atoms. The molecule has 0 aromatic rings. The van der Waals surface area contributed by atoms with E-state index in [9.17, 15) is 14.7 Å². The number of carboxylic acids is 1. The first-order valence-corrected chi connectivity index (χ1v) is 4.35. The van der Waals surface area contributed by atoms with Crippen LogP contribution in [0.5, 0.6) is 0 Å². The molecule has 0 radical (unpaired) electrons. The molecule has 2 unspecified atom stereocenters. The van der Waals surface area contributed by atoms with E-state index < -0.39 is 23.5 Å². The molecule has 5 N–H and O–H groups in total. The highest BCUT2D eigenvalue weighted by Crippen LogP contribution is 2.17. The van der Waals surface area contributed by atoms with Crippen molar-refractivity contribution in [3.05, 3.63) is 0 Å². The third-order valence-corrected chi connectivity index (χ3v) is 2.17. The number of hydrogen-bond acceptors (Lipinski definition) is 4. The van der Waals surface area contributed by atoms with Gasteiger partial charge in [-0.25, -0.2) is 4.79 Å². The number of carbonyl (C=O) groups excluding carboxylic acids is 1. The molecule has 0 saturated carbocycles. The number of carbonyl (C=O) groups is 2. The minimum absolute atomic E-state index is 0.355. The summed E-state index contributed by atoms with van der Waals surface area (Å²) in [5.74, 6) is -2.76. The number of carboxylic acid groups (broad SMARTS) is 1. The molecule has 82 valence electrons. The monoisotopic (exact) mass is 204 g/mol. The Morgan fingerprint density at radius 2 is 2.07 bits per heavy atom. The highest BCUT2D eigenvalue weighted by atomic mass is 16.4. The largest absolute Gasteiger partial charge is 0.478 e. The number of rotatable bonds is 5. The Balaban J connectivity index is 4.72. The van der Waals surface area contributed by atoms with Crippen molar-refractivity contribution in [2.24, 2.45) is 11.7 Å². The van der Waals surface area contributed by atoms with Gasteiger partial charge in [-0.3, -0.25) is 4.79 Å². The van der Waals surface area contributed by atoms with Gasteiger partial charge in [-0.15, -0.1) is 0 Å². The van der Waals surface area contributed by atoms with Crippen LogP contribution in [0.1, 0.15) is 20.3 Å². The van der Waals surface area contributed by atoms with Crippen molar-refractivity contribution in [2.45, 2.75) is 26.0 Å². The Morgan fingerprint density at radius 3 is 2.36 bits per heavy atom. The second-order valence-electron chi connectivity index (χ2n) is 3.13. The molecule has 2 atom stereocenters. The predicted molar refractivity (Wildman–Crippen MR) is 49.2 cm³/mol. The SMILES string of the molecule is CCC(C)C(O)(NC(=O)CN)C(=O)O. The molecular formula is C8H16N2O4. The summed E-state index contributed by atoms with van der Waals surface area (Å²) >= 11 is 0. The van der Waals surface area contributed by atoms with E-state index in [2.05, 4.69) is 0 Å². The van der Waals surface area contributed by atoms with E-state index in [0.717, 1.165) is 0 Å². The minimum Gasteiger partial charge on any atom is -0.478 e.